The molecule has 10 heteroatoms. The highest BCUT2D eigenvalue weighted by Gasteiger charge is 2.16. The van der Waals surface area contributed by atoms with Crippen LogP contribution in [0.4, 0.5) is 14.7 Å². The first-order chi connectivity index (χ1) is 14.4. The number of carbonyl (C=O) groups excluding carboxylic acids is 1. The number of aromatic nitrogens is 2. The molecule has 162 valence electrons. The van der Waals surface area contributed by atoms with Gasteiger partial charge in [0.1, 0.15) is 5.75 Å². The van der Waals surface area contributed by atoms with Gasteiger partial charge in [0, 0.05) is 37.3 Å². The van der Waals surface area contributed by atoms with E-state index in [2.05, 4.69) is 20.0 Å². The number of benzene rings is 1. The van der Waals surface area contributed by atoms with Crippen molar-refractivity contribution < 1.29 is 23.0 Å². The lowest BCUT2D eigenvalue weighted by Crippen LogP contribution is -2.38. The number of morpholine rings is 1. The van der Waals surface area contributed by atoms with Crippen LogP contribution in [0.15, 0.2) is 29.1 Å². The Kier molecular flexibility index (Phi) is 7.34. The molecule has 0 unspecified atom stereocenters. The molecule has 1 aromatic carbocycles. The van der Waals surface area contributed by atoms with Gasteiger partial charge in [0.05, 0.1) is 13.2 Å². The Hall–Kier alpha value is -3.01. The molecule has 3 rings (SSSR count). The van der Waals surface area contributed by atoms with E-state index in [9.17, 15) is 18.4 Å². The second-order valence-corrected chi connectivity index (χ2v) is 6.85. The minimum Gasteiger partial charge on any atom is -0.435 e. The molecule has 0 radical (unpaired) electrons. The monoisotopic (exact) mass is 422 g/mol. The van der Waals surface area contributed by atoms with Gasteiger partial charge >= 0.3 is 6.61 Å². The normalized spacial score (nSPS) is 14.1. The predicted molar refractivity (Wildman–Crippen MR) is 106 cm³/mol. The van der Waals surface area contributed by atoms with Gasteiger partial charge in [-0.25, -0.2) is 4.98 Å². The number of amides is 1. The highest BCUT2D eigenvalue weighted by molar-refractivity contribution is 5.76. The third-order valence-electron chi connectivity index (χ3n) is 4.76. The zero-order chi connectivity index (χ0) is 21.5. The Morgan fingerprint density at radius 1 is 1.30 bits per heavy atom. The van der Waals surface area contributed by atoms with Crippen molar-refractivity contribution >= 4 is 11.9 Å². The van der Waals surface area contributed by atoms with Crippen LogP contribution in [0.5, 0.6) is 5.75 Å². The number of hydrogen-bond acceptors (Lipinski definition) is 6. The summed E-state index contributed by atoms with van der Waals surface area (Å²) in [5.41, 5.74) is 1.58. The molecule has 1 saturated heterocycles. The van der Waals surface area contributed by atoms with Crippen LogP contribution in [0.1, 0.15) is 23.2 Å². The lowest BCUT2D eigenvalue weighted by Gasteiger charge is -2.27. The summed E-state index contributed by atoms with van der Waals surface area (Å²) in [5.74, 6) is 0.357. The van der Waals surface area contributed by atoms with Gasteiger partial charge in [-0.3, -0.25) is 14.6 Å². The van der Waals surface area contributed by atoms with E-state index in [0.29, 0.717) is 43.5 Å². The van der Waals surface area contributed by atoms with E-state index >= 15 is 0 Å². The number of hydrogen-bond donors (Lipinski definition) is 2. The first-order valence-corrected chi connectivity index (χ1v) is 9.65. The fourth-order valence-electron chi connectivity index (χ4n) is 3.13. The summed E-state index contributed by atoms with van der Waals surface area (Å²) in [6.45, 7) is 1.64. The van der Waals surface area contributed by atoms with Crippen LogP contribution in [0.3, 0.4) is 0 Å². The highest BCUT2D eigenvalue weighted by Crippen LogP contribution is 2.15. The maximum absolute atomic E-state index is 12.5. The van der Waals surface area contributed by atoms with Crippen LogP contribution >= 0.6 is 0 Å². The van der Waals surface area contributed by atoms with E-state index in [1.165, 1.54) is 12.1 Å². The van der Waals surface area contributed by atoms with E-state index in [0.717, 1.165) is 5.56 Å². The van der Waals surface area contributed by atoms with Crippen LogP contribution in [-0.4, -0.2) is 48.8 Å². The van der Waals surface area contributed by atoms with Crippen molar-refractivity contribution in [2.75, 3.05) is 31.2 Å². The van der Waals surface area contributed by atoms with Crippen molar-refractivity contribution in [2.24, 2.45) is 0 Å². The second-order valence-electron chi connectivity index (χ2n) is 6.85. The van der Waals surface area contributed by atoms with Crippen LogP contribution in [0, 0.1) is 6.92 Å². The summed E-state index contributed by atoms with van der Waals surface area (Å²) in [6, 6.07) is 6.03. The highest BCUT2D eigenvalue weighted by atomic mass is 19.3. The lowest BCUT2D eigenvalue weighted by atomic mass is 10.1. The van der Waals surface area contributed by atoms with Crippen molar-refractivity contribution in [1.29, 1.82) is 0 Å². The first kappa shape index (κ1) is 21.7. The third-order valence-corrected chi connectivity index (χ3v) is 4.76. The molecule has 30 heavy (non-hydrogen) atoms. The Morgan fingerprint density at radius 2 is 2.00 bits per heavy atom. The van der Waals surface area contributed by atoms with Crippen LogP contribution in [0.2, 0.25) is 0 Å². The standard InChI is InChI=1S/C20H24F2N4O4/c1-13-16(18(28)25-20(24-13)26-8-10-29-11-9-26)6-7-17(27)23-12-14-2-4-15(5-3-14)30-19(21)22/h2-5,19H,6-12H2,1H3,(H,23,27)(H,24,25,28). The lowest BCUT2D eigenvalue weighted by molar-refractivity contribution is -0.121. The van der Waals surface area contributed by atoms with E-state index in [1.807, 2.05) is 4.90 Å². The fourth-order valence-corrected chi connectivity index (χ4v) is 3.13. The largest absolute Gasteiger partial charge is 0.435 e. The number of aromatic amines is 1. The average Bonchev–Trinajstić information content (AvgIpc) is 2.73. The Labute approximate surface area is 172 Å². The molecular formula is C20H24F2N4O4. The van der Waals surface area contributed by atoms with Crippen molar-refractivity contribution in [2.45, 2.75) is 32.9 Å². The molecule has 2 N–H and O–H groups in total. The Balaban J connectivity index is 1.51. The third kappa shape index (κ3) is 5.99. The minimum atomic E-state index is -2.88. The van der Waals surface area contributed by atoms with Crippen molar-refractivity contribution in [3.63, 3.8) is 0 Å². The smallest absolute Gasteiger partial charge is 0.387 e. The second kappa shape index (κ2) is 10.1. The number of alkyl halides is 2. The summed E-state index contributed by atoms with van der Waals surface area (Å²) in [6.07, 6.45) is 0.402. The summed E-state index contributed by atoms with van der Waals surface area (Å²) < 4.78 is 33.9. The number of rotatable bonds is 8. The van der Waals surface area contributed by atoms with Gasteiger partial charge in [-0.15, -0.1) is 0 Å². The molecule has 0 atom stereocenters. The van der Waals surface area contributed by atoms with Gasteiger partial charge in [-0.2, -0.15) is 8.78 Å². The Morgan fingerprint density at radius 3 is 2.63 bits per heavy atom. The molecule has 0 spiro atoms. The molecule has 1 aliphatic rings. The predicted octanol–water partition coefficient (Wildman–Crippen LogP) is 1.77. The Bertz CT molecular complexity index is 912. The number of halogens is 2. The molecular weight excluding hydrogens is 398 g/mol. The van der Waals surface area contributed by atoms with Crippen LogP contribution in [0.25, 0.3) is 0 Å². The maximum atomic E-state index is 12.5. The number of H-pyrrole nitrogens is 1. The zero-order valence-corrected chi connectivity index (χ0v) is 16.6. The molecule has 8 nitrogen and oxygen atoms in total. The van der Waals surface area contributed by atoms with Crippen molar-refractivity contribution in [3.8, 4) is 5.75 Å². The van der Waals surface area contributed by atoms with E-state index in [1.54, 1.807) is 19.1 Å². The minimum absolute atomic E-state index is 0.0582. The summed E-state index contributed by atoms with van der Waals surface area (Å²) >= 11 is 0. The fraction of sp³-hybridized carbons (Fsp3) is 0.450. The number of nitrogens with one attached hydrogen (secondary N) is 2. The molecule has 1 fully saturated rings. The van der Waals surface area contributed by atoms with Crippen LogP contribution in [-0.2, 0) is 22.5 Å². The number of aryl methyl sites for hydroxylation is 1. The molecule has 0 bridgehead atoms. The number of carbonyl (C=O) groups is 1. The number of nitrogens with zero attached hydrogens (tertiary/aromatic N) is 2. The van der Waals surface area contributed by atoms with Crippen molar-refractivity contribution in [1.82, 2.24) is 15.3 Å². The summed E-state index contributed by atoms with van der Waals surface area (Å²) in [5, 5.41) is 2.75. The molecule has 1 aliphatic heterocycles. The van der Waals surface area contributed by atoms with E-state index in [4.69, 9.17) is 4.74 Å². The number of ether oxygens (including phenoxy) is 2. The van der Waals surface area contributed by atoms with Gasteiger partial charge < -0.3 is 19.7 Å². The summed E-state index contributed by atoms with van der Waals surface area (Å²) in [7, 11) is 0. The van der Waals surface area contributed by atoms with Gasteiger partial charge in [-0.05, 0) is 31.0 Å². The maximum Gasteiger partial charge on any atom is 0.387 e. The number of anilines is 1. The van der Waals surface area contributed by atoms with Crippen LogP contribution < -0.4 is 20.5 Å². The quantitative estimate of drug-likeness (QED) is 0.673. The zero-order valence-electron chi connectivity index (χ0n) is 16.6. The SMILES string of the molecule is Cc1nc(N2CCOCC2)[nH]c(=O)c1CCC(=O)NCc1ccc(OC(F)F)cc1. The summed E-state index contributed by atoms with van der Waals surface area (Å²) in [4.78, 5) is 33.8. The van der Waals surface area contributed by atoms with Gasteiger partial charge in [0.15, 0.2) is 0 Å². The average molecular weight is 422 g/mol. The van der Waals surface area contributed by atoms with Gasteiger partial charge in [0.25, 0.3) is 5.56 Å². The van der Waals surface area contributed by atoms with E-state index in [-0.39, 0.29) is 36.6 Å². The molecule has 2 heterocycles. The molecule has 2 aromatic rings. The van der Waals surface area contributed by atoms with E-state index < -0.39 is 6.61 Å². The van der Waals surface area contributed by atoms with Crippen molar-refractivity contribution in [3.05, 3.63) is 51.4 Å². The van der Waals surface area contributed by atoms with Gasteiger partial charge in [0.2, 0.25) is 11.9 Å². The van der Waals surface area contributed by atoms with Gasteiger partial charge in [-0.1, -0.05) is 12.1 Å². The topological polar surface area (TPSA) is 96.6 Å². The molecule has 1 amide bonds. The molecule has 0 aliphatic carbocycles. The first-order valence-electron chi connectivity index (χ1n) is 9.65. The molecule has 0 saturated carbocycles. The molecule has 1 aromatic heterocycles.